The molecule has 1 aliphatic rings. The number of carbonyl (C=O) groups is 2. The lowest BCUT2D eigenvalue weighted by Crippen LogP contribution is -2.41. The summed E-state index contributed by atoms with van der Waals surface area (Å²) >= 11 is 7.18. The Labute approximate surface area is 186 Å². The average Bonchev–Trinajstić information content (AvgIpc) is 2.78. The van der Waals surface area contributed by atoms with E-state index in [9.17, 15) is 9.59 Å². The monoisotopic (exact) mass is 447 g/mol. The zero-order valence-corrected chi connectivity index (χ0v) is 18.5. The van der Waals surface area contributed by atoms with E-state index in [0.717, 1.165) is 44.7 Å². The molecule has 160 valence electrons. The van der Waals surface area contributed by atoms with Crippen molar-refractivity contribution < 1.29 is 9.59 Å². The lowest BCUT2D eigenvalue weighted by Gasteiger charge is -2.31. The number of halogens is 1. The third-order valence-corrected chi connectivity index (χ3v) is 6.02. The van der Waals surface area contributed by atoms with Crippen LogP contribution in [-0.4, -0.2) is 47.4 Å². The van der Waals surface area contributed by atoms with Gasteiger partial charge >= 0.3 is 0 Å². The van der Waals surface area contributed by atoms with Crippen LogP contribution in [0.1, 0.15) is 26.2 Å². The summed E-state index contributed by atoms with van der Waals surface area (Å²) in [5.41, 5.74) is 0.707. The first kappa shape index (κ1) is 22.4. The second-order valence-corrected chi connectivity index (χ2v) is 8.56. The normalized spacial score (nSPS) is 14.4. The second kappa shape index (κ2) is 11.2. The van der Waals surface area contributed by atoms with Crippen molar-refractivity contribution in [3.8, 4) is 0 Å². The SMILES string of the molecule is CCCNC(=O)C1CCN(c2ccc(SCC(=O)Nc3ccc(Cl)cc3)nn2)CC1. The Hall–Kier alpha value is -2.32. The fraction of sp³-hybridized carbons (Fsp3) is 0.429. The highest BCUT2D eigenvalue weighted by molar-refractivity contribution is 7.99. The number of thioether (sulfide) groups is 1. The minimum absolute atomic E-state index is 0.0785. The molecule has 2 heterocycles. The van der Waals surface area contributed by atoms with Crippen molar-refractivity contribution in [3.05, 3.63) is 41.4 Å². The zero-order chi connectivity index (χ0) is 21.3. The highest BCUT2D eigenvalue weighted by Crippen LogP contribution is 2.23. The maximum absolute atomic E-state index is 12.1. The molecule has 0 atom stereocenters. The van der Waals surface area contributed by atoms with Crippen molar-refractivity contribution >= 4 is 46.7 Å². The van der Waals surface area contributed by atoms with E-state index in [1.165, 1.54) is 11.8 Å². The highest BCUT2D eigenvalue weighted by atomic mass is 35.5. The predicted molar refractivity (Wildman–Crippen MR) is 121 cm³/mol. The van der Waals surface area contributed by atoms with Crippen LogP contribution >= 0.6 is 23.4 Å². The number of aromatic nitrogens is 2. The molecule has 0 unspecified atom stereocenters. The molecule has 1 aromatic carbocycles. The fourth-order valence-corrected chi connectivity index (χ4v) is 3.93. The number of piperidine rings is 1. The maximum atomic E-state index is 12.1. The molecule has 0 saturated carbocycles. The molecule has 7 nitrogen and oxygen atoms in total. The largest absolute Gasteiger partial charge is 0.356 e. The van der Waals surface area contributed by atoms with Crippen LogP contribution in [0.15, 0.2) is 41.4 Å². The van der Waals surface area contributed by atoms with Crippen molar-refractivity contribution in [2.24, 2.45) is 5.92 Å². The molecule has 2 N–H and O–H groups in total. The number of hydrogen-bond acceptors (Lipinski definition) is 6. The van der Waals surface area contributed by atoms with Crippen molar-refractivity contribution in [3.63, 3.8) is 0 Å². The standard InChI is InChI=1S/C21H26ClN5O2S/c1-2-11-23-21(29)15-9-12-27(13-10-15)18-7-8-20(26-25-18)30-14-19(28)24-17-5-3-16(22)4-6-17/h3-8,15H,2,9-14H2,1H3,(H,23,29)(H,24,28). The minimum atomic E-state index is -0.114. The van der Waals surface area contributed by atoms with Gasteiger partial charge in [0.15, 0.2) is 5.82 Å². The van der Waals surface area contributed by atoms with E-state index in [0.29, 0.717) is 15.7 Å². The van der Waals surface area contributed by atoms with Crippen LogP contribution in [0.4, 0.5) is 11.5 Å². The van der Waals surface area contributed by atoms with Crippen molar-refractivity contribution in [1.29, 1.82) is 0 Å². The first-order chi connectivity index (χ1) is 14.5. The van der Waals surface area contributed by atoms with Crippen LogP contribution in [0.2, 0.25) is 5.02 Å². The summed E-state index contributed by atoms with van der Waals surface area (Å²) in [6.07, 6.45) is 2.59. The van der Waals surface area contributed by atoms with Crippen LogP contribution in [0, 0.1) is 5.92 Å². The van der Waals surface area contributed by atoms with E-state index in [2.05, 4.69) is 32.7 Å². The van der Waals surface area contributed by atoms with Crippen LogP contribution in [0.25, 0.3) is 0 Å². The van der Waals surface area contributed by atoms with Gasteiger partial charge in [0.05, 0.1) is 5.75 Å². The number of rotatable bonds is 8. The average molecular weight is 448 g/mol. The van der Waals surface area contributed by atoms with Gasteiger partial charge in [0.2, 0.25) is 11.8 Å². The van der Waals surface area contributed by atoms with Gasteiger partial charge < -0.3 is 15.5 Å². The lowest BCUT2D eigenvalue weighted by atomic mass is 9.96. The van der Waals surface area contributed by atoms with E-state index in [1.54, 1.807) is 24.3 Å². The molecule has 9 heteroatoms. The van der Waals surface area contributed by atoms with E-state index >= 15 is 0 Å². The fourth-order valence-electron chi connectivity index (χ4n) is 3.19. The zero-order valence-electron chi connectivity index (χ0n) is 16.9. The van der Waals surface area contributed by atoms with E-state index in [1.807, 2.05) is 12.1 Å². The summed E-state index contributed by atoms with van der Waals surface area (Å²) in [6, 6.07) is 10.8. The van der Waals surface area contributed by atoms with E-state index < -0.39 is 0 Å². The molecule has 0 spiro atoms. The van der Waals surface area contributed by atoms with Crippen LogP contribution in [-0.2, 0) is 9.59 Å². The van der Waals surface area contributed by atoms with Crippen molar-refractivity contribution in [2.75, 3.05) is 35.6 Å². The molecule has 0 radical (unpaired) electrons. The number of carbonyl (C=O) groups excluding carboxylic acids is 2. The third-order valence-electron chi connectivity index (χ3n) is 4.84. The number of nitrogens with zero attached hydrogens (tertiary/aromatic N) is 3. The third kappa shape index (κ3) is 6.60. The van der Waals surface area contributed by atoms with Gasteiger partial charge in [-0.2, -0.15) is 0 Å². The van der Waals surface area contributed by atoms with Crippen LogP contribution in [0.5, 0.6) is 0 Å². The molecule has 30 heavy (non-hydrogen) atoms. The van der Waals surface area contributed by atoms with Gasteiger partial charge in [-0.05, 0) is 55.7 Å². The second-order valence-electron chi connectivity index (χ2n) is 7.13. The molecule has 0 aliphatic carbocycles. The van der Waals surface area contributed by atoms with E-state index in [-0.39, 0.29) is 23.5 Å². The summed E-state index contributed by atoms with van der Waals surface area (Å²) in [7, 11) is 0. The van der Waals surface area contributed by atoms with Crippen molar-refractivity contribution in [1.82, 2.24) is 15.5 Å². The topological polar surface area (TPSA) is 87.2 Å². The Morgan fingerprint density at radius 1 is 1.13 bits per heavy atom. The van der Waals surface area contributed by atoms with Gasteiger partial charge in [-0.1, -0.05) is 30.3 Å². The van der Waals surface area contributed by atoms with Crippen LogP contribution in [0.3, 0.4) is 0 Å². The smallest absolute Gasteiger partial charge is 0.234 e. The number of nitrogens with one attached hydrogen (secondary N) is 2. The molecule has 1 aliphatic heterocycles. The summed E-state index contributed by atoms with van der Waals surface area (Å²) in [6.45, 7) is 4.36. The Balaban J connectivity index is 1.43. The Kier molecular flexibility index (Phi) is 8.33. The quantitative estimate of drug-likeness (QED) is 0.601. The van der Waals surface area contributed by atoms with Gasteiger partial charge in [-0.3, -0.25) is 9.59 Å². The number of amides is 2. The Morgan fingerprint density at radius 3 is 2.50 bits per heavy atom. The molecule has 2 aromatic rings. The summed E-state index contributed by atoms with van der Waals surface area (Å²) in [5, 5.41) is 15.7. The van der Waals surface area contributed by atoms with Gasteiger partial charge in [0.1, 0.15) is 5.03 Å². The van der Waals surface area contributed by atoms with Gasteiger partial charge in [0, 0.05) is 36.3 Å². The van der Waals surface area contributed by atoms with E-state index in [4.69, 9.17) is 11.6 Å². The summed E-state index contributed by atoms with van der Waals surface area (Å²) in [4.78, 5) is 26.3. The molecule has 1 saturated heterocycles. The molecule has 1 aromatic heterocycles. The van der Waals surface area contributed by atoms with Gasteiger partial charge in [-0.15, -0.1) is 10.2 Å². The lowest BCUT2D eigenvalue weighted by molar-refractivity contribution is -0.125. The highest BCUT2D eigenvalue weighted by Gasteiger charge is 2.25. The van der Waals surface area contributed by atoms with Gasteiger partial charge in [-0.25, -0.2) is 0 Å². The van der Waals surface area contributed by atoms with Gasteiger partial charge in [0.25, 0.3) is 0 Å². The molecule has 0 bridgehead atoms. The first-order valence-electron chi connectivity index (χ1n) is 10.1. The first-order valence-corrected chi connectivity index (χ1v) is 11.5. The molecular weight excluding hydrogens is 422 g/mol. The maximum Gasteiger partial charge on any atom is 0.234 e. The summed E-state index contributed by atoms with van der Waals surface area (Å²) < 4.78 is 0. The molecule has 1 fully saturated rings. The predicted octanol–water partition coefficient (Wildman–Crippen LogP) is 3.60. The molecule has 3 rings (SSSR count). The number of anilines is 2. The Bertz CT molecular complexity index is 839. The Morgan fingerprint density at radius 2 is 1.87 bits per heavy atom. The minimum Gasteiger partial charge on any atom is -0.356 e. The summed E-state index contributed by atoms with van der Waals surface area (Å²) in [5.74, 6) is 1.17. The van der Waals surface area contributed by atoms with Crippen LogP contribution < -0.4 is 15.5 Å². The molecule has 2 amide bonds. The number of benzene rings is 1. The number of hydrogen-bond donors (Lipinski definition) is 2. The molecular formula is C21H26ClN5O2S. The van der Waals surface area contributed by atoms with Crippen molar-refractivity contribution in [2.45, 2.75) is 31.2 Å².